The molecule has 0 N–H and O–H groups in total. The van der Waals surface area contributed by atoms with Crippen LogP contribution in [0.5, 0.6) is 0 Å². The van der Waals surface area contributed by atoms with Gasteiger partial charge in [-0.15, -0.1) is 10.2 Å². The van der Waals surface area contributed by atoms with Crippen molar-refractivity contribution in [1.82, 2.24) is 34.3 Å². The first-order chi connectivity index (χ1) is 14.8. The van der Waals surface area contributed by atoms with Crippen LogP contribution in [0.1, 0.15) is 24.5 Å². The Morgan fingerprint density at radius 3 is 2.90 bits per heavy atom. The molecule has 150 valence electrons. The molecule has 0 spiro atoms. The molecule has 2 aliphatic rings. The summed E-state index contributed by atoms with van der Waals surface area (Å²) in [6, 6.07) is 10.1. The third-order valence-corrected chi connectivity index (χ3v) is 5.66. The van der Waals surface area contributed by atoms with E-state index in [1.54, 1.807) is 12.5 Å². The van der Waals surface area contributed by atoms with Crippen LogP contribution in [0.2, 0.25) is 0 Å². The van der Waals surface area contributed by atoms with Gasteiger partial charge in [-0.05, 0) is 6.42 Å². The molecule has 0 aliphatic carbocycles. The fourth-order valence-corrected chi connectivity index (χ4v) is 4.26. The van der Waals surface area contributed by atoms with Crippen LogP contribution in [0.3, 0.4) is 0 Å². The van der Waals surface area contributed by atoms with E-state index in [0.717, 1.165) is 47.4 Å². The Bertz CT molecular complexity index is 1210. The molecule has 0 saturated carbocycles. The number of imidazole rings is 1. The zero-order valence-electron chi connectivity index (χ0n) is 16.5. The van der Waals surface area contributed by atoms with Gasteiger partial charge < -0.3 is 9.64 Å². The number of rotatable bonds is 3. The number of fused-ring (bicyclic) bond motifs is 6. The van der Waals surface area contributed by atoms with Gasteiger partial charge in [0.2, 0.25) is 5.95 Å². The summed E-state index contributed by atoms with van der Waals surface area (Å²) >= 11 is 0. The monoisotopic (exact) mass is 400 g/mol. The van der Waals surface area contributed by atoms with Crippen LogP contribution in [0.4, 0.5) is 5.82 Å². The van der Waals surface area contributed by atoms with E-state index in [1.807, 2.05) is 45.7 Å². The van der Waals surface area contributed by atoms with Crippen molar-refractivity contribution in [2.75, 3.05) is 24.7 Å². The Morgan fingerprint density at radius 2 is 2.03 bits per heavy atom. The lowest BCUT2D eigenvalue weighted by atomic mass is 10.1. The number of ether oxygens (including phenoxy) is 1. The third-order valence-electron chi connectivity index (χ3n) is 5.66. The van der Waals surface area contributed by atoms with E-state index in [0.29, 0.717) is 19.2 Å². The summed E-state index contributed by atoms with van der Waals surface area (Å²) in [5.74, 6) is 3.20. The molecule has 30 heavy (non-hydrogen) atoms. The Balaban J connectivity index is 1.57. The maximum atomic E-state index is 5.73. The summed E-state index contributed by atoms with van der Waals surface area (Å²) in [6.07, 6.45) is 6.20. The van der Waals surface area contributed by atoms with Crippen molar-refractivity contribution in [3.05, 3.63) is 60.6 Å². The molecule has 9 heteroatoms. The summed E-state index contributed by atoms with van der Waals surface area (Å²) in [6.45, 7) is 4.08. The maximum absolute atomic E-state index is 5.73. The summed E-state index contributed by atoms with van der Waals surface area (Å²) in [7, 11) is 0. The third kappa shape index (κ3) is 2.48. The summed E-state index contributed by atoms with van der Waals surface area (Å²) in [5.41, 5.74) is 2.93. The molecule has 0 amide bonds. The molecule has 4 aromatic rings. The average molecular weight is 400 g/mol. The second-order valence-corrected chi connectivity index (χ2v) is 7.33. The van der Waals surface area contributed by atoms with Crippen LogP contribution in [0.25, 0.3) is 23.0 Å². The average Bonchev–Trinajstić information content (AvgIpc) is 3.49. The predicted octanol–water partition coefficient (Wildman–Crippen LogP) is 2.36. The van der Waals surface area contributed by atoms with E-state index >= 15 is 0 Å². The zero-order chi connectivity index (χ0) is 20.1. The van der Waals surface area contributed by atoms with Crippen molar-refractivity contribution in [3.63, 3.8) is 0 Å². The fraction of sp³-hybridized carbons (Fsp3) is 0.286. The minimum Gasteiger partial charge on any atom is -0.377 e. The second-order valence-electron chi connectivity index (χ2n) is 7.33. The minimum atomic E-state index is -0.00223. The van der Waals surface area contributed by atoms with Gasteiger partial charge in [0.15, 0.2) is 11.6 Å². The Hall–Kier alpha value is -3.59. The van der Waals surface area contributed by atoms with Gasteiger partial charge in [-0.1, -0.05) is 37.3 Å². The Morgan fingerprint density at radius 1 is 1.13 bits per heavy atom. The van der Waals surface area contributed by atoms with Crippen LogP contribution >= 0.6 is 0 Å². The van der Waals surface area contributed by atoms with Crippen molar-refractivity contribution < 1.29 is 4.74 Å². The molecule has 1 saturated heterocycles. The number of hydrogen-bond donors (Lipinski definition) is 0. The number of aryl methyl sites for hydroxylation is 1. The van der Waals surface area contributed by atoms with Gasteiger partial charge >= 0.3 is 0 Å². The Kier molecular flexibility index (Phi) is 3.88. The quantitative estimate of drug-likeness (QED) is 0.522. The normalized spacial score (nSPS) is 17.4. The highest BCUT2D eigenvalue weighted by Crippen LogP contribution is 2.39. The van der Waals surface area contributed by atoms with Gasteiger partial charge in [0.25, 0.3) is 0 Å². The minimum absolute atomic E-state index is 0.00223. The van der Waals surface area contributed by atoms with Crippen LogP contribution in [0.15, 0.2) is 49.1 Å². The zero-order valence-corrected chi connectivity index (χ0v) is 16.5. The van der Waals surface area contributed by atoms with Crippen molar-refractivity contribution in [2.24, 2.45) is 0 Å². The SMILES string of the molecule is CCc1nc(-n2ccnc2-c2ccccc2)nc2c1-n1cnnc1[C@H]1COCCN21. The van der Waals surface area contributed by atoms with Gasteiger partial charge in [-0.3, -0.25) is 9.13 Å². The highest BCUT2D eigenvalue weighted by molar-refractivity contribution is 5.66. The summed E-state index contributed by atoms with van der Waals surface area (Å²) in [5, 5.41) is 8.52. The standard InChI is InChI=1S/C21H20N8O/c1-2-15-17-20(27-10-11-30-12-16(27)19-26-23-13-29(17)19)25-21(24-15)28-9-8-22-18(28)14-6-4-3-5-7-14/h3-9,13,16H,2,10-12H2,1H3/t16-/m1/s1. The van der Waals surface area contributed by atoms with Crippen molar-refractivity contribution in [3.8, 4) is 23.0 Å². The Labute approximate surface area is 173 Å². The molecule has 6 rings (SSSR count). The van der Waals surface area contributed by atoms with E-state index in [9.17, 15) is 0 Å². The van der Waals surface area contributed by atoms with Crippen molar-refractivity contribution >= 4 is 5.82 Å². The van der Waals surface area contributed by atoms with Crippen molar-refractivity contribution in [1.29, 1.82) is 0 Å². The maximum Gasteiger partial charge on any atom is 0.237 e. The highest BCUT2D eigenvalue weighted by atomic mass is 16.5. The number of hydrogen-bond acceptors (Lipinski definition) is 7. The molecule has 2 aliphatic heterocycles. The van der Waals surface area contributed by atoms with E-state index in [1.165, 1.54) is 0 Å². The molecule has 5 heterocycles. The number of anilines is 1. The number of nitrogens with zero attached hydrogens (tertiary/aromatic N) is 8. The number of aromatic nitrogens is 7. The first-order valence-corrected chi connectivity index (χ1v) is 10.1. The predicted molar refractivity (Wildman–Crippen MR) is 110 cm³/mol. The van der Waals surface area contributed by atoms with Gasteiger partial charge in [-0.25, -0.2) is 9.97 Å². The van der Waals surface area contributed by atoms with Gasteiger partial charge in [-0.2, -0.15) is 4.98 Å². The smallest absolute Gasteiger partial charge is 0.237 e. The lowest BCUT2D eigenvalue weighted by Gasteiger charge is -2.40. The summed E-state index contributed by atoms with van der Waals surface area (Å²) < 4.78 is 9.70. The van der Waals surface area contributed by atoms with Gasteiger partial charge in [0, 0.05) is 24.5 Å². The van der Waals surface area contributed by atoms with Crippen LogP contribution in [-0.2, 0) is 11.2 Å². The van der Waals surface area contributed by atoms with Crippen LogP contribution < -0.4 is 4.90 Å². The first-order valence-electron chi connectivity index (χ1n) is 10.1. The molecule has 1 fully saturated rings. The van der Waals surface area contributed by atoms with Gasteiger partial charge in [0.05, 0.1) is 18.9 Å². The molecule has 1 atom stereocenters. The fourth-order valence-electron chi connectivity index (χ4n) is 4.26. The molecule has 0 bridgehead atoms. The lowest BCUT2D eigenvalue weighted by molar-refractivity contribution is 0.0894. The van der Waals surface area contributed by atoms with E-state index < -0.39 is 0 Å². The lowest BCUT2D eigenvalue weighted by Crippen LogP contribution is -2.44. The van der Waals surface area contributed by atoms with Crippen LogP contribution in [0, 0.1) is 0 Å². The van der Waals surface area contributed by atoms with E-state index in [-0.39, 0.29) is 6.04 Å². The number of morpholine rings is 1. The van der Waals surface area contributed by atoms with Gasteiger partial charge in [0.1, 0.15) is 23.9 Å². The first kappa shape index (κ1) is 17.3. The molecule has 9 nitrogen and oxygen atoms in total. The van der Waals surface area contributed by atoms with E-state index in [4.69, 9.17) is 14.7 Å². The largest absolute Gasteiger partial charge is 0.377 e. The van der Waals surface area contributed by atoms with Crippen LogP contribution in [-0.4, -0.2) is 54.0 Å². The topological polar surface area (TPSA) is 86.8 Å². The van der Waals surface area contributed by atoms with Crippen molar-refractivity contribution in [2.45, 2.75) is 19.4 Å². The number of benzene rings is 1. The molecule has 0 radical (unpaired) electrons. The molecule has 1 aromatic carbocycles. The molecular formula is C21H20N8O. The highest BCUT2D eigenvalue weighted by Gasteiger charge is 2.38. The van der Waals surface area contributed by atoms with E-state index in [2.05, 4.69) is 27.0 Å². The molecule has 3 aromatic heterocycles. The second kappa shape index (κ2) is 6.74. The summed E-state index contributed by atoms with van der Waals surface area (Å²) in [4.78, 5) is 16.8. The molecular weight excluding hydrogens is 380 g/mol. The molecule has 0 unspecified atom stereocenters.